The van der Waals surface area contributed by atoms with Crippen LogP contribution in [0.25, 0.3) is 10.9 Å². The van der Waals surface area contributed by atoms with E-state index in [2.05, 4.69) is 21.2 Å². The van der Waals surface area contributed by atoms with Crippen molar-refractivity contribution in [3.63, 3.8) is 0 Å². The van der Waals surface area contributed by atoms with Crippen molar-refractivity contribution in [3.05, 3.63) is 24.3 Å². The van der Waals surface area contributed by atoms with Crippen molar-refractivity contribution in [2.45, 2.75) is 51.3 Å². The quantitative estimate of drug-likeness (QED) is 0.873. The van der Waals surface area contributed by atoms with Gasteiger partial charge in [-0.2, -0.15) is 5.10 Å². The Bertz CT molecular complexity index is 750. The first-order chi connectivity index (χ1) is 11.4. The van der Waals surface area contributed by atoms with Gasteiger partial charge in [0.1, 0.15) is 5.60 Å². The van der Waals surface area contributed by atoms with Crippen LogP contribution >= 0.6 is 0 Å². The van der Waals surface area contributed by atoms with Gasteiger partial charge in [0.15, 0.2) is 5.82 Å². The number of anilines is 1. The number of nitrogens with one attached hydrogen (secondary N) is 1. The van der Waals surface area contributed by atoms with Gasteiger partial charge in [-0.15, -0.1) is 0 Å². The Balaban J connectivity index is 1.56. The smallest absolute Gasteiger partial charge is 0.410 e. The van der Waals surface area contributed by atoms with E-state index in [4.69, 9.17) is 4.74 Å². The van der Waals surface area contributed by atoms with Crippen LogP contribution < -0.4 is 4.90 Å². The lowest BCUT2D eigenvalue weighted by atomic mass is 10.1. The maximum absolute atomic E-state index is 12.4. The van der Waals surface area contributed by atoms with Crippen molar-refractivity contribution >= 4 is 22.8 Å². The first-order valence-corrected chi connectivity index (χ1v) is 8.62. The molecule has 128 valence electrons. The first-order valence-electron chi connectivity index (χ1n) is 8.62. The summed E-state index contributed by atoms with van der Waals surface area (Å²) in [5, 5.41) is 8.83. The number of rotatable bonds is 1. The molecule has 2 aliphatic rings. The number of hydrogen-bond acceptors (Lipinski definition) is 4. The summed E-state index contributed by atoms with van der Waals surface area (Å²) >= 11 is 0. The molecule has 2 aliphatic heterocycles. The number of amides is 1. The predicted octanol–water partition coefficient (Wildman–Crippen LogP) is 3.15. The minimum Gasteiger partial charge on any atom is -0.444 e. The largest absolute Gasteiger partial charge is 0.444 e. The number of fused-ring (bicyclic) bond motifs is 3. The van der Waals surface area contributed by atoms with E-state index in [1.165, 1.54) is 0 Å². The number of ether oxygens (including phenoxy) is 1. The van der Waals surface area contributed by atoms with E-state index in [9.17, 15) is 4.79 Å². The van der Waals surface area contributed by atoms with Gasteiger partial charge in [-0.3, -0.25) is 5.10 Å². The van der Waals surface area contributed by atoms with E-state index in [1.54, 1.807) is 0 Å². The monoisotopic (exact) mass is 328 g/mol. The first kappa shape index (κ1) is 15.3. The molecule has 2 fully saturated rings. The normalized spacial score (nSPS) is 23.8. The molecule has 6 nitrogen and oxygen atoms in total. The van der Waals surface area contributed by atoms with Crippen molar-refractivity contribution in [1.82, 2.24) is 15.1 Å². The Labute approximate surface area is 141 Å². The van der Waals surface area contributed by atoms with Crippen LogP contribution in [0.1, 0.15) is 33.6 Å². The summed E-state index contributed by atoms with van der Waals surface area (Å²) < 4.78 is 5.54. The zero-order chi connectivity index (χ0) is 16.9. The van der Waals surface area contributed by atoms with Gasteiger partial charge in [0, 0.05) is 30.6 Å². The van der Waals surface area contributed by atoms with Gasteiger partial charge in [0.05, 0.1) is 5.52 Å². The highest BCUT2D eigenvalue weighted by molar-refractivity contribution is 5.90. The summed E-state index contributed by atoms with van der Waals surface area (Å²) in [4.78, 5) is 16.7. The second kappa shape index (κ2) is 5.40. The molecule has 1 N–H and O–H groups in total. The maximum atomic E-state index is 12.4. The number of aromatic amines is 1. The van der Waals surface area contributed by atoms with E-state index >= 15 is 0 Å². The van der Waals surface area contributed by atoms with E-state index in [0.29, 0.717) is 25.2 Å². The van der Waals surface area contributed by atoms with Crippen molar-refractivity contribution in [2.75, 3.05) is 18.0 Å². The maximum Gasteiger partial charge on any atom is 0.410 e. The molecular formula is C18H24N4O2. The standard InChI is InChI=1S/C18H24N4O2/c1-18(2,3)24-17(23)21-10-12-8-9-13(11-21)22(12)16-14-6-4-5-7-15(14)19-20-16/h4-7,12-13H,8-11H2,1-3H3,(H,19,20). The number of carbonyl (C=O) groups excluding carboxylic acids is 1. The van der Waals surface area contributed by atoms with Gasteiger partial charge >= 0.3 is 6.09 Å². The number of piperazine rings is 1. The number of carbonyl (C=O) groups is 1. The van der Waals surface area contributed by atoms with Crippen LogP contribution in [0.4, 0.5) is 10.6 Å². The lowest BCUT2D eigenvalue weighted by molar-refractivity contribution is 0.0209. The highest BCUT2D eigenvalue weighted by Crippen LogP contribution is 2.37. The van der Waals surface area contributed by atoms with Crippen molar-refractivity contribution in [1.29, 1.82) is 0 Å². The molecule has 2 aromatic rings. The van der Waals surface area contributed by atoms with Gasteiger partial charge in [-0.1, -0.05) is 12.1 Å². The Kier molecular flexibility index (Phi) is 3.44. The van der Waals surface area contributed by atoms with Crippen molar-refractivity contribution in [3.8, 4) is 0 Å². The summed E-state index contributed by atoms with van der Waals surface area (Å²) in [6.07, 6.45) is 1.97. The fourth-order valence-corrected chi connectivity index (χ4v) is 3.87. The van der Waals surface area contributed by atoms with E-state index in [0.717, 1.165) is 29.6 Å². The zero-order valence-corrected chi connectivity index (χ0v) is 14.5. The number of likely N-dealkylation sites (tertiary alicyclic amines) is 1. The third-order valence-corrected chi connectivity index (χ3v) is 4.83. The van der Waals surface area contributed by atoms with Crippen molar-refractivity contribution < 1.29 is 9.53 Å². The molecule has 4 rings (SSSR count). The second-order valence-electron chi connectivity index (χ2n) is 7.77. The average Bonchev–Trinajstić information content (AvgIpc) is 3.03. The van der Waals surface area contributed by atoms with Crippen LogP contribution in [0.3, 0.4) is 0 Å². The van der Waals surface area contributed by atoms with Gasteiger partial charge in [0.2, 0.25) is 0 Å². The number of benzene rings is 1. The molecule has 0 radical (unpaired) electrons. The Morgan fingerprint density at radius 2 is 1.88 bits per heavy atom. The van der Waals surface area contributed by atoms with Gasteiger partial charge in [0.25, 0.3) is 0 Å². The van der Waals surface area contributed by atoms with Crippen LogP contribution in [-0.2, 0) is 4.74 Å². The van der Waals surface area contributed by atoms with Crippen LogP contribution in [-0.4, -0.2) is 52.0 Å². The molecule has 0 aliphatic carbocycles. The summed E-state index contributed by atoms with van der Waals surface area (Å²) in [6.45, 7) is 7.13. The van der Waals surface area contributed by atoms with E-state index in [1.807, 2.05) is 43.9 Å². The van der Waals surface area contributed by atoms with Crippen LogP contribution in [0.5, 0.6) is 0 Å². The molecule has 1 aromatic heterocycles. The average molecular weight is 328 g/mol. The SMILES string of the molecule is CC(C)(C)OC(=O)N1CC2CCC(C1)N2c1n[nH]c2ccccc12. The molecule has 3 heterocycles. The number of hydrogen-bond donors (Lipinski definition) is 1. The lowest BCUT2D eigenvalue weighted by Gasteiger charge is -2.41. The molecule has 6 heteroatoms. The molecular weight excluding hydrogens is 304 g/mol. The number of aromatic nitrogens is 2. The molecule has 0 saturated carbocycles. The molecule has 1 aromatic carbocycles. The highest BCUT2D eigenvalue weighted by atomic mass is 16.6. The van der Waals surface area contributed by atoms with Crippen LogP contribution in [0.2, 0.25) is 0 Å². The summed E-state index contributed by atoms with van der Waals surface area (Å²) in [5.41, 5.74) is 0.604. The minimum absolute atomic E-state index is 0.203. The van der Waals surface area contributed by atoms with Gasteiger partial charge in [-0.05, 0) is 45.7 Å². The third-order valence-electron chi connectivity index (χ3n) is 4.83. The summed E-state index contributed by atoms with van der Waals surface area (Å²) in [6, 6.07) is 8.82. The van der Waals surface area contributed by atoms with Gasteiger partial charge < -0.3 is 14.5 Å². The number of H-pyrrole nitrogens is 1. The number of nitrogens with zero attached hydrogens (tertiary/aromatic N) is 3. The fraction of sp³-hybridized carbons (Fsp3) is 0.556. The molecule has 0 spiro atoms. The second-order valence-corrected chi connectivity index (χ2v) is 7.77. The highest BCUT2D eigenvalue weighted by Gasteiger charge is 2.43. The molecule has 2 bridgehead atoms. The Morgan fingerprint density at radius 3 is 2.54 bits per heavy atom. The van der Waals surface area contributed by atoms with Gasteiger partial charge in [-0.25, -0.2) is 4.79 Å². The van der Waals surface area contributed by atoms with Crippen LogP contribution in [0, 0.1) is 0 Å². The molecule has 2 atom stereocenters. The Hall–Kier alpha value is -2.24. The Morgan fingerprint density at radius 1 is 1.21 bits per heavy atom. The summed E-state index contributed by atoms with van der Waals surface area (Å²) in [5.74, 6) is 1.02. The van der Waals surface area contributed by atoms with E-state index < -0.39 is 5.60 Å². The predicted molar refractivity (Wildman–Crippen MR) is 93.2 cm³/mol. The zero-order valence-electron chi connectivity index (χ0n) is 14.5. The minimum atomic E-state index is -0.453. The molecule has 1 amide bonds. The van der Waals surface area contributed by atoms with E-state index in [-0.39, 0.29) is 6.09 Å². The topological polar surface area (TPSA) is 61.5 Å². The summed E-state index contributed by atoms with van der Waals surface area (Å²) in [7, 11) is 0. The van der Waals surface area contributed by atoms with Crippen molar-refractivity contribution in [2.24, 2.45) is 0 Å². The molecule has 24 heavy (non-hydrogen) atoms. The lowest BCUT2D eigenvalue weighted by Crippen LogP contribution is -2.56. The van der Waals surface area contributed by atoms with Crippen LogP contribution in [0.15, 0.2) is 24.3 Å². The fourth-order valence-electron chi connectivity index (χ4n) is 3.87. The number of para-hydroxylation sites is 1. The molecule has 2 saturated heterocycles. The molecule has 2 unspecified atom stereocenters. The third kappa shape index (κ3) is 2.60.